The van der Waals surface area contributed by atoms with E-state index in [-0.39, 0.29) is 0 Å². The summed E-state index contributed by atoms with van der Waals surface area (Å²) in [6.45, 7) is 2.17. The molecule has 0 atom stereocenters. The van der Waals surface area contributed by atoms with Crippen molar-refractivity contribution in [3.8, 4) is 0 Å². The normalized spacial score (nSPS) is 8.30. The Hall–Kier alpha value is 0.769. The fourth-order valence-corrected chi connectivity index (χ4v) is 0.496. The van der Waals surface area contributed by atoms with Gasteiger partial charge in [-0.15, -0.1) is 0 Å². The zero-order valence-electron chi connectivity index (χ0n) is 5.96. The van der Waals surface area contributed by atoms with Gasteiger partial charge in [-0.25, -0.2) is 0 Å². The van der Waals surface area contributed by atoms with E-state index in [1.165, 1.54) is 25.5 Å². The number of hydrogen-bond donors (Lipinski definition) is 1. The van der Waals surface area contributed by atoms with Gasteiger partial charge >= 0.3 is 33.3 Å². The van der Waals surface area contributed by atoms with Gasteiger partial charge in [0.05, 0.1) is 0 Å². The third kappa shape index (κ3) is 23.3. The second-order valence-electron chi connectivity index (χ2n) is 1.74. The Kier molecular flexibility index (Phi) is 21.9. The molecule has 0 aliphatic rings. The van der Waals surface area contributed by atoms with Gasteiger partial charge in [0.1, 0.15) is 0 Å². The Morgan fingerprint density at radius 1 is 1.40 bits per heavy atom. The van der Waals surface area contributed by atoms with Crippen molar-refractivity contribution < 1.29 is 13.1 Å². The molecule has 0 spiro atoms. The first-order valence-corrected chi connectivity index (χ1v) is 5.72. The molecule has 0 heterocycles. The topological polar surface area (TPSA) is 23.9 Å². The predicted octanol–water partition coefficient (Wildman–Crippen LogP) is 3.59. The molecule has 0 saturated carbocycles. The number of nitrogens with one attached hydrogen (secondary N) is 1. The summed E-state index contributed by atoms with van der Waals surface area (Å²) in [6.07, 6.45) is 6.17. The van der Waals surface area contributed by atoms with E-state index < -0.39 is 0 Å². The van der Waals surface area contributed by atoms with Crippen molar-refractivity contribution in [2.45, 2.75) is 32.6 Å². The van der Waals surface area contributed by atoms with Crippen molar-refractivity contribution in [2.24, 2.45) is 0 Å². The van der Waals surface area contributed by atoms with Gasteiger partial charge in [0, 0.05) is 0 Å². The quantitative estimate of drug-likeness (QED) is 0.436. The van der Waals surface area contributed by atoms with Crippen LogP contribution in [0.4, 0.5) is 0 Å². The summed E-state index contributed by atoms with van der Waals surface area (Å²) in [5.41, 5.74) is 0. The van der Waals surface area contributed by atoms with Crippen molar-refractivity contribution in [2.75, 3.05) is 0 Å². The zero-order chi connectivity index (χ0) is 8.24. The first-order chi connectivity index (χ1) is 4.83. The summed E-state index contributed by atoms with van der Waals surface area (Å²) in [5.74, 6) is 0. The minimum absolute atomic E-state index is 0.757. The molecule has 0 aromatic rings. The van der Waals surface area contributed by atoms with Crippen molar-refractivity contribution in [1.29, 1.82) is 5.41 Å². The average Bonchev–Trinajstić information content (AvgIpc) is 1.91. The van der Waals surface area contributed by atoms with E-state index in [9.17, 15) is 0 Å². The molecule has 10 heavy (non-hydrogen) atoms. The molecule has 0 rings (SSSR count). The Balaban J connectivity index is 0. The van der Waals surface area contributed by atoms with Crippen LogP contribution >= 0.6 is 20.2 Å². The second-order valence-corrected chi connectivity index (χ2v) is 3.30. The van der Waals surface area contributed by atoms with Crippen molar-refractivity contribution in [1.82, 2.24) is 0 Å². The van der Waals surface area contributed by atoms with Crippen LogP contribution in [0.25, 0.3) is 0 Å². The van der Waals surface area contributed by atoms with Gasteiger partial charge < -0.3 is 5.41 Å². The van der Waals surface area contributed by atoms with Gasteiger partial charge in [-0.05, 0) is 19.1 Å². The van der Waals surface area contributed by atoms with Gasteiger partial charge in [-0.2, -0.15) is 0 Å². The molecule has 4 heteroatoms. The minimum atomic E-state index is 0.757. The van der Waals surface area contributed by atoms with Crippen LogP contribution in [-0.4, -0.2) is 6.21 Å². The molecule has 67 valence electrons. The first-order valence-electron chi connectivity index (χ1n) is 3.13. The summed E-state index contributed by atoms with van der Waals surface area (Å²) in [4.78, 5) is 0. The summed E-state index contributed by atoms with van der Waals surface area (Å²) in [5, 5.41) is 6.66. The molecule has 1 N–H and O–H groups in total. The number of rotatable bonds is 4. The Morgan fingerprint density at radius 3 is 2.20 bits per heavy atom. The molecule has 0 radical (unpaired) electrons. The summed E-state index contributed by atoms with van der Waals surface area (Å²) < 4.78 is 0. The Morgan fingerprint density at radius 2 is 1.90 bits per heavy atom. The van der Waals surface area contributed by atoms with Crippen LogP contribution in [0.1, 0.15) is 32.6 Å². The maximum absolute atomic E-state index is 6.66. The SMILES string of the molecule is CCCCCC=N.[Cl][Cu][Cl]. The van der Waals surface area contributed by atoms with Crippen molar-refractivity contribution in [3.63, 3.8) is 0 Å². The summed E-state index contributed by atoms with van der Waals surface area (Å²) >= 11 is 0.757. The van der Waals surface area contributed by atoms with Gasteiger partial charge in [0.2, 0.25) is 0 Å². The Labute approximate surface area is 77.6 Å². The standard InChI is InChI=1S/C6H13N.2ClH.Cu/c1-2-3-4-5-6-7;;;/h6-7H,2-5H2,1H3;2*1H;/q;;;+2/p-2. The van der Waals surface area contributed by atoms with Crippen LogP contribution in [0.3, 0.4) is 0 Å². The van der Waals surface area contributed by atoms with Gasteiger partial charge in [-0.3, -0.25) is 0 Å². The first kappa shape index (κ1) is 13.4. The third-order valence-corrected chi connectivity index (χ3v) is 0.952. The van der Waals surface area contributed by atoms with Gasteiger partial charge in [0.15, 0.2) is 0 Å². The van der Waals surface area contributed by atoms with E-state index >= 15 is 0 Å². The van der Waals surface area contributed by atoms with Crippen LogP contribution in [0.2, 0.25) is 0 Å². The molecule has 0 amide bonds. The summed E-state index contributed by atoms with van der Waals surface area (Å²) in [7, 11) is 9.34. The molecule has 0 aliphatic carbocycles. The predicted molar refractivity (Wildman–Crippen MR) is 44.6 cm³/mol. The van der Waals surface area contributed by atoms with E-state index in [4.69, 9.17) is 5.41 Å². The van der Waals surface area contributed by atoms with E-state index in [2.05, 4.69) is 27.1 Å². The van der Waals surface area contributed by atoms with Crippen molar-refractivity contribution in [3.05, 3.63) is 0 Å². The molecule has 1 nitrogen and oxygen atoms in total. The molecule has 0 bridgehead atoms. The van der Waals surface area contributed by atoms with Gasteiger partial charge in [0.25, 0.3) is 0 Å². The van der Waals surface area contributed by atoms with E-state index in [1.807, 2.05) is 0 Å². The molecule has 0 aromatic heterocycles. The molecular weight excluding hydrogens is 221 g/mol. The fourth-order valence-electron chi connectivity index (χ4n) is 0.496. The van der Waals surface area contributed by atoms with E-state index in [0.29, 0.717) is 0 Å². The Bertz CT molecular complexity index is 61.7. The van der Waals surface area contributed by atoms with Crippen LogP contribution in [0.5, 0.6) is 0 Å². The van der Waals surface area contributed by atoms with Crippen molar-refractivity contribution >= 4 is 26.4 Å². The fraction of sp³-hybridized carbons (Fsp3) is 0.833. The van der Waals surface area contributed by atoms with Crippen LogP contribution in [-0.2, 0) is 13.1 Å². The molecule has 0 fully saturated rings. The molecule has 0 aliphatic heterocycles. The average molecular weight is 234 g/mol. The van der Waals surface area contributed by atoms with Crippen LogP contribution in [0, 0.1) is 5.41 Å². The van der Waals surface area contributed by atoms with Crippen LogP contribution in [0.15, 0.2) is 0 Å². The van der Waals surface area contributed by atoms with E-state index in [0.717, 1.165) is 19.6 Å². The molecular formula is C6H13Cl2CuN. The van der Waals surface area contributed by atoms with Gasteiger partial charge in [-0.1, -0.05) is 19.8 Å². The second kappa shape index (κ2) is 16.4. The van der Waals surface area contributed by atoms with E-state index in [1.54, 1.807) is 0 Å². The maximum atomic E-state index is 6.66. The van der Waals surface area contributed by atoms with Crippen LogP contribution < -0.4 is 0 Å². The number of halogens is 2. The number of hydrogen-bond acceptors (Lipinski definition) is 1. The third-order valence-electron chi connectivity index (χ3n) is 0.952. The monoisotopic (exact) mass is 232 g/mol. The summed E-state index contributed by atoms with van der Waals surface area (Å²) in [6, 6.07) is 0. The molecule has 0 aromatic carbocycles. The molecule has 0 unspecified atom stereocenters. The number of unbranched alkanes of at least 4 members (excludes halogenated alkanes) is 3. The molecule has 0 saturated heterocycles. The zero-order valence-corrected chi connectivity index (χ0v) is 8.42.